The fraction of sp³-hybridized carbons (Fsp3) is 0.733. The van der Waals surface area contributed by atoms with E-state index < -0.39 is 0 Å². The van der Waals surface area contributed by atoms with Gasteiger partial charge in [-0.2, -0.15) is 0 Å². The van der Waals surface area contributed by atoms with Crippen LogP contribution in [0, 0.1) is 0 Å². The number of likely N-dealkylation sites (N-methyl/N-ethyl adjacent to an activating group) is 1. The predicted octanol–water partition coefficient (Wildman–Crippen LogP) is 2.17. The van der Waals surface area contributed by atoms with Crippen molar-refractivity contribution in [1.82, 2.24) is 14.9 Å². The molecule has 1 aliphatic rings. The van der Waals surface area contributed by atoms with Crippen LogP contribution in [-0.2, 0) is 0 Å². The fourth-order valence-corrected chi connectivity index (χ4v) is 3.07. The Kier molecular flexibility index (Phi) is 4.81. The molecule has 0 radical (unpaired) electrons. The molecule has 1 aromatic heterocycles. The number of nitrogens with zero attached hydrogens (tertiary/aromatic N) is 4. The van der Waals surface area contributed by atoms with Crippen LogP contribution in [0.25, 0.3) is 0 Å². The average molecular weight is 277 g/mol. The molecule has 112 valence electrons. The van der Waals surface area contributed by atoms with E-state index >= 15 is 0 Å². The van der Waals surface area contributed by atoms with E-state index in [4.69, 9.17) is 0 Å². The monoisotopic (exact) mass is 277 g/mol. The molecule has 0 spiro atoms. The van der Waals surface area contributed by atoms with Crippen molar-refractivity contribution in [3.05, 3.63) is 11.9 Å². The van der Waals surface area contributed by atoms with Crippen LogP contribution in [0.4, 0.5) is 11.6 Å². The van der Waals surface area contributed by atoms with Crippen molar-refractivity contribution in [1.29, 1.82) is 0 Å². The van der Waals surface area contributed by atoms with Crippen molar-refractivity contribution in [2.24, 2.45) is 0 Å². The number of nitrogens with one attached hydrogen (secondary N) is 1. The van der Waals surface area contributed by atoms with Crippen LogP contribution in [0.5, 0.6) is 0 Å². The Balaban J connectivity index is 2.36. The van der Waals surface area contributed by atoms with Crippen molar-refractivity contribution >= 4 is 11.6 Å². The highest BCUT2D eigenvalue weighted by Crippen LogP contribution is 2.34. The van der Waals surface area contributed by atoms with Crippen molar-refractivity contribution in [3.63, 3.8) is 0 Å². The molecule has 1 atom stereocenters. The van der Waals surface area contributed by atoms with Crippen molar-refractivity contribution in [3.8, 4) is 0 Å². The molecule has 0 saturated carbocycles. The first-order valence-electron chi connectivity index (χ1n) is 7.48. The van der Waals surface area contributed by atoms with Gasteiger partial charge in [-0.3, -0.25) is 0 Å². The van der Waals surface area contributed by atoms with Gasteiger partial charge in [-0.1, -0.05) is 13.8 Å². The van der Waals surface area contributed by atoms with E-state index in [2.05, 4.69) is 53.0 Å². The maximum Gasteiger partial charge on any atom is 0.137 e. The van der Waals surface area contributed by atoms with Gasteiger partial charge in [0.05, 0.1) is 0 Å². The van der Waals surface area contributed by atoms with E-state index in [0.29, 0.717) is 12.0 Å². The Labute approximate surface area is 122 Å². The van der Waals surface area contributed by atoms with E-state index in [0.717, 1.165) is 24.7 Å². The lowest BCUT2D eigenvalue weighted by Gasteiger charge is -2.30. The molecule has 1 saturated heterocycles. The van der Waals surface area contributed by atoms with E-state index in [1.807, 2.05) is 7.05 Å². The van der Waals surface area contributed by atoms with Crippen LogP contribution in [0.15, 0.2) is 6.33 Å². The summed E-state index contributed by atoms with van der Waals surface area (Å²) in [6.45, 7) is 6.59. The van der Waals surface area contributed by atoms with Crippen molar-refractivity contribution in [2.45, 2.75) is 38.6 Å². The van der Waals surface area contributed by atoms with Gasteiger partial charge >= 0.3 is 0 Å². The maximum absolute atomic E-state index is 4.60. The molecular formula is C15H27N5. The lowest BCUT2D eigenvalue weighted by molar-refractivity contribution is 0.371. The van der Waals surface area contributed by atoms with Gasteiger partial charge in [-0.05, 0) is 32.9 Å². The highest BCUT2D eigenvalue weighted by atomic mass is 15.3. The molecule has 0 amide bonds. The molecule has 1 aliphatic heterocycles. The summed E-state index contributed by atoms with van der Waals surface area (Å²) >= 11 is 0. The molecule has 20 heavy (non-hydrogen) atoms. The first-order valence-corrected chi connectivity index (χ1v) is 7.48. The Hall–Kier alpha value is -1.36. The smallest absolute Gasteiger partial charge is 0.137 e. The van der Waals surface area contributed by atoms with Gasteiger partial charge in [-0.15, -0.1) is 0 Å². The second kappa shape index (κ2) is 6.39. The van der Waals surface area contributed by atoms with Crippen LogP contribution < -0.4 is 10.2 Å². The topological polar surface area (TPSA) is 44.3 Å². The highest BCUT2D eigenvalue weighted by molar-refractivity contribution is 5.61. The van der Waals surface area contributed by atoms with Gasteiger partial charge in [0.25, 0.3) is 0 Å². The third-order valence-electron chi connectivity index (χ3n) is 3.90. The molecule has 2 rings (SSSR count). The number of rotatable bonds is 5. The van der Waals surface area contributed by atoms with Crippen LogP contribution in [0.1, 0.15) is 38.2 Å². The molecule has 0 aliphatic carbocycles. The number of hydrogen-bond donors (Lipinski definition) is 1. The summed E-state index contributed by atoms with van der Waals surface area (Å²) < 4.78 is 0. The largest absolute Gasteiger partial charge is 0.373 e. The molecule has 0 aromatic carbocycles. The minimum atomic E-state index is 0.411. The SMILES string of the molecule is CNc1ncnc(N2CCCC2CN(C)C)c1C(C)C. The first kappa shape index (κ1) is 15.0. The van der Waals surface area contributed by atoms with E-state index in [1.54, 1.807) is 6.33 Å². The lowest BCUT2D eigenvalue weighted by atomic mass is 10.0. The van der Waals surface area contributed by atoms with Gasteiger partial charge in [0.15, 0.2) is 0 Å². The summed E-state index contributed by atoms with van der Waals surface area (Å²) in [7, 11) is 6.21. The molecule has 1 N–H and O–H groups in total. The third-order valence-corrected chi connectivity index (χ3v) is 3.90. The van der Waals surface area contributed by atoms with Crippen molar-refractivity contribution < 1.29 is 0 Å². The summed E-state index contributed by atoms with van der Waals surface area (Å²) in [6, 6.07) is 0.558. The Bertz CT molecular complexity index is 444. The first-order chi connectivity index (χ1) is 9.54. The molecular weight excluding hydrogens is 250 g/mol. The maximum atomic E-state index is 4.60. The second-order valence-corrected chi connectivity index (χ2v) is 6.12. The summed E-state index contributed by atoms with van der Waals surface area (Å²) in [5, 5.41) is 3.21. The number of aromatic nitrogens is 2. The van der Waals surface area contributed by atoms with Crippen molar-refractivity contribution in [2.75, 3.05) is 44.4 Å². The normalized spacial score (nSPS) is 19.1. The molecule has 0 bridgehead atoms. The molecule has 5 heteroatoms. The molecule has 2 heterocycles. The highest BCUT2D eigenvalue weighted by Gasteiger charge is 2.29. The van der Waals surface area contributed by atoms with Crippen LogP contribution in [-0.4, -0.2) is 55.1 Å². The Morgan fingerprint density at radius 1 is 1.40 bits per heavy atom. The van der Waals surface area contributed by atoms with E-state index in [9.17, 15) is 0 Å². The number of anilines is 2. The minimum Gasteiger partial charge on any atom is -0.373 e. The Morgan fingerprint density at radius 3 is 2.75 bits per heavy atom. The second-order valence-electron chi connectivity index (χ2n) is 6.12. The number of hydrogen-bond acceptors (Lipinski definition) is 5. The summed E-state index contributed by atoms with van der Waals surface area (Å²) in [5.41, 5.74) is 1.24. The standard InChI is InChI=1S/C15H27N5/c1-11(2)13-14(16-3)17-10-18-15(13)20-8-6-7-12(20)9-19(4)5/h10-12H,6-9H2,1-5H3,(H,16,17,18). The molecule has 1 unspecified atom stereocenters. The zero-order valence-corrected chi connectivity index (χ0v) is 13.3. The summed E-state index contributed by atoms with van der Waals surface area (Å²) in [4.78, 5) is 13.7. The predicted molar refractivity (Wildman–Crippen MR) is 84.6 cm³/mol. The third kappa shape index (κ3) is 3.03. The lowest BCUT2D eigenvalue weighted by Crippen LogP contribution is -2.38. The van der Waals surface area contributed by atoms with Gasteiger partial charge in [0.2, 0.25) is 0 Å². The summed E-state index contributed by atoms with van der Waals surface area (Å²) in [6.07, 6.45) is 4.17. The average Bonchev–Trinajstić information content (AvgIpc) is 2.84. The van der Waals surface area contributed by atoms with Gasteiger partial charge in [-0.25, -0.2) is 9.97 Å². The van der Waals surface area contributed by atoms with Crippen LogP contribution in [0.2, 0.25) is 0 Å². The minimum absolute atomic E-state index is 0.411. The zero-order valence-electron chi connectivity index (χ0n) is 13.3. The van der Waals surface area contributed by atoms with Gasteiger partial charge in [0.1, 0.15) is 18.0 Å². The molecule has 1 aromatic rings. The fourth-order valence-electron chi connectivity index (χ4n) is 3.07. The van der Waals surface area contributed by atoms with Gasteiger partial charge in [0, 0.05) is 31.7 Å². The molecule has 5 nitrogen and oxygen atoms in total. The van der Waals surface area contributed by atoms with Crippen LogP contribution in [0.3, 0.4) is 0 Å². The van der Waals surface area contributed by atoms with E-state index in [1.165, 1.54) is 18.4 Å². The quantitative estimate of drug-likeness (QED) is 0.893. The summed E-state index contributed by atoms with van der Waals surface area (Å²) in [5.74, 6) is 2.48. The van der Waals surface area contributed by atoms with E-state index in [-0.39, 0.29) is 0 Å². The molecule has 1 fully saturated rings. The zero-order chi connectivity index (χ0) is 14.7. The van der Waals surface area contributed by atoms with Crippen LogP contribution >= 0.6 is 0 Å². The Morgan fingerprint density at radius 2 is 2.15 bits per heavy atom. The van der Waals surface area contributed by atoms with Gasteiger partial charge < -0.3 is 15.1 Å².